The van der Waals surface area contributed by atoms with Crippen LogP contribution >= 0.6 is 0 Å². The zero-order chi connectivity index (χ0) is 13.3. The fraction of sp³-hybridized carbons (Fsp3) is 0.250. The van der Waals surface area contributed by atoms with Gasteiger partial charge in [0, 0.05) is 18.7 Å². The molecule has 2 rings (SSSR count). The number of nitrogens with zero attached hydrogens (tertiary/aromatic N) is 2. The first-order valence-corrected chi connectivity index (χ1v) is 5.27. The molecule has 92 valence electrons. The molecule has 0 spiro atoms. The molecule has 1 aliphatic heterocycles. The Labute approximate surface area is 103 Å². The van der Waals surface area contributed by atoms with Crippen molar-refractivity contribution in [2.45, 2.75) is 12.0 Å². The van der Waals surface area contributed by atoms with E-state index in [1.54, 1.807) is 12.1 Å². The molecular formula is C12H10N2O4. The highest BCUT2D eigenvalue weighted by Crippen LogP contribution is 2.28. The van der Waals surface area contributed by atoms with Crippen LogP contribution in [0, 0.1) is 11.3 Å². The summed E-state index contributed by atoms with van der Waals surface area (Å²) in [6.45, 7) is 0.132. The average Bonchev–Trinajstić information content (AvgIpc) is 2.68. The van der Waals surface area contributed by atoms with Crippen molar-refractivity contribution in [2.75, 3.05) is 11.4 Å². The molecule has 1 saturated heterocycles. The Balaban J connectivity index is 2.29. The number of hydrogen-bond donors (Lipinski definition) is 2. The maximum absolute atomic E-state index is 11.9. The molecule has 1 aromatic rings. The summed E-state index contributed by atoms with van der Waals surface area (Å²) >= 11 is 0. The van der Waals surface area contributed by atoms with Gasteiger partial charge in [0.2, 0.25) is 5.60 Å². The number of anilines is 1. The molecule has 1 atom stereocenters. The summed E-state index contributed by atoms with van der Waals surface area (Å²) in [5.74, 6) is -2.39. The van der Waals surface area contributed by atoms with Crippen molar-refractivity contribution in [3.05, 3.63) is 29.8 Å². The first-order valence-electron chi connectivity index (χ1n) is 5.27. The summed E-state index contributed by atoms with van der Waals surface area (Å²) in [6, 6.07) is 8.09. The molecule has 1 aliphatic rings. The van der Waals surface area contributed by atoms with Crippen molar-refractivity contribution in [1.82, 2.24) is 0 Å². The van der Waals surface area contributed by atoms with Crippen LogP contribution in [-0.4, -0.2) is 34.2 Å². The molecule has 0 aliphatic carbocycles. The minimum absolute atomic E-state index is 0.132. The van der Waals surface area contributed by atoms with Gasteiger partial charge in [-0.2, -0.15) is 5.26 Å². The fourth-order valence-corrected chi connectivity index (χ4v) is 1.87. The van der Waals surface area contributed by atoms with Crippen LogP contribution in [0.25, 0.3) is 0 Å². The zero-order valence-electron chi connectivity index (χ0n) is 9.33. The quantitative estimate of drug-likeness (QED) is 0.721. The Morgan fingerprint density at radius 2 is 2.00 bits per heavy atom. The maximum Gasteiger partial charge on any atom is 0.345 e. The number of aliphatic hydroxyl groups is 1. The number of carboxylic acid groups (broad SMARTS) is 1. The third-order valence-electron chi connectivity index (χ3n) is 2.96. The Kier molecular flexibility index (Phi) is 2.77. The van der Waals surface area contributed by atoms with E-state index in [1.165, 1.54) is 17.0 Å². The Morgan fingerprint density at radius 3 is 2.44 bits per heavy atom. The third kappa shape index (κ3) is 1.71. The summed E-state index contributed by atoms with van der Waals surface area (Å²) < 4.78 is 0. The number of nitriles is 1. The van der Waals surface area contributed by atoms with Crippen LogP contribution in [0.5, 0.6) is 0 Å². The zero-order valence-corrected chi connectivity index (χ0v) is 9.33. The van der Waals surface area contributed by atoms with Gasteiger partial charge in [0.25, 0.3) is 5.91 Å². The fourth-order valence-electron chi connectivity index (χ4n) is 1.87. The van der Waals surface area contributed by atoms with E-state index in [0.717, 1.165) is 0 Å². The van der Waals surface area contributed by atoms with Crippen molar-refractivity contribution in [2.24, 2.45) is 0 Å². The van der Waals surface area contributed by atoms with E-state index in [9.17, 15) is 14.7 Å². The highest BCUT2D eigenvalue weighted by atomic mass is 16.4. The van der Waals surface area contributed by atoms with Gasteiger partial charge in [-0.25, -0.2) is 4.79 Å². The average molecular weight is 246 g/mol. The normalized spacial score (nSPS) is 22.9. The van der Waals surface area contributed by atoms with E-state index in [1.807, 2.05) is 6.07 Å². The lowest BCUT2D eigenvalue weighted by Crippen LogP contribution is -2.46. The molecule has 1 heterocycles. The van der Waals surface area contributed by atoms with Crippen molar-refractivity contribution >= 4 is 17.6 Å². The van der Waals surface area contributed by atoms with Crippen LogP contribution in [0.1, 0.15) is 12.0 Å². The smallest absolute Gasteiger partial charge is 0.345 e. The summed E-state index contributed by atoms with van der Waals surface area (Å²) in [5, 5.41) is 27.2. The number of rotatable bonds is 2. The van der Waals surface area contributed by atoms with Crippen molar-refractivity contribution in [3.8, 4) is 6.07 Å². The monoisotopic (exact) mass is 246 g/mol. The van der Waals surface area contributed by atoms with Crippen LogP contribution in [0.4, 0.5) is 5.69 Å². The molecule has 0 bridgehead atoms. The van der Waals surface area contributed by atoms with E-state index >= 15 is 0 Å². The van der Waals surface area contributed by atoms with Gasteiger partial charge in [0.05, 0.1) is 11.6 Å². The number of hydrogen-bond acceptors (Lipinski definition) is 4. The number of aliphatic carboxylic acids is 1. The molecular weight excluding hydrogens is 236 g/mol. The van der Waals surface area contributed by atoms with Crippen molar-refractivity contribution in [3.63, 3.8) is 0 Å². The molecule has 1 amide bonds. The predicted octanol–water partition coefficient (Wildman–Crippen LogP) is 0.111. The molecule has 0 saturated carbocycles. The van der Waals surface area contributed by atoms with E-state index in [4.69, 9.17) is 10.4 Å². The van der Waals surface area contributed by atoms with Crippen molar-refractivity contribution < 1.29 is 19.8 Å². The molecule has 0 radical (unpaired) electrons. The van der Waals surface area contributed by atoms with Gasteiger partial charge in [-0.15, -0.1) is 0 Å². The second-order valence-electron chi connectivity index (χ2n) is 4.03. The van der Waals surface area contributed by atoms with Gasteiger partial charge in [-0.05, 0) is 24.3 Å². The first kappa shape index (κ1) is 12.1. The van der Waals surface area contributed by atoms with Crippen LogP contribution < -0.4 is 4.90 Å². The highest BCUT2D eigenvalue weighted by Gasteiger charge is 2.52. The number of benzene rings is 1. The van der Waals surface area contributed by atoms with Crippen LogP contribution in [0.15, 0.2) is 24.3 Å². The van der Waals surface area contributed by atoms with E-state index in [0.29, 0.717) is 11.3 Å². The number of carboxylic acids is 1. The lowest BCUT2D eigenvalue weighted by atomic mass is 10.0. The Hall–Kier alpha value is -2.39. The van der Waals surface area contributed by atoms with E-state index in [-0.39, 0.29) is 13.0 Å². The Bertz CT molecular complexity index is 546. The molecule has 6 heteroatoms. The van der Waals surface area contributed by atoms with Gasteiger partial charge >= 0.3 is 5.97 Å². The molecule has 1 aromatic carbocycles. The van der Waals surface area contributed by atoms with Crippen LogP contribution in [0.3, 0.4) is 0 Å². The van der Waals surface area contributed by atoms with Gasteiger partial charge in [-0.3, -0.25) is 4.79 Å². The standard InChI is InChI=1S/C12H10N2O4/c13-7-8-1-3-9(4-2-8)14-6-5-12(18,10(14)15)11(16)17/h1-4,18H,5-6H2,(H,16,17). The van der Waals surface area contributed by atoms with Gasteiger partial charge in [0.1, 0.15) is 0 Å². The topological polar surface area (TPSA) is 102 Å². The number of carbonyl (C=O) groups is 2. The lowest BCUT2D eigenvalue weighted by molar-refractivity contribution is -0.162. The van der Waals surface area contributed by atoms with Gasteiger partial charge < -0.3 is 15.1 Å². The molecule has 1 fully saturated rings. The predicted molar refractivity (Wildman–Crippen MR) is 60.7 cm³/mol. The largest absolute Gasteiger partial charge is 0.479 e. The number of carbonyl (C=O) groups excluding carboxylic acids is 1. The molecule has 0 aromatic heterocycles. The second-order valence-corrected chi connectivity index (χ2v) is 4.03. The minimum Gasteiger partial charge on any atom is -0.479 e. The van der Waals surface area contributed by atoms with Crippen molar-refractivity contribution in [1.29, 1.82) is 5.26 Å². The summed E-state index contributed by atoms with van der Waals surface area (Å²) in [5.41, 5.74) is -1.43. The van der Waals surface area contributed by atoms with Crippen LogP contribution in [0.2, 0.25) is 0 Å². The SMILES string of the molecule is N#Cc1ccc(N2CCC(O)(C(=O)O)C2=O)cc1. The van der Waals surface area contributed by atoms with Gasteiger partial charge in [-0.1, -0.05) is 0 Å². The number of amides is 1. The lowest BCUT2D eigenvalue weighted by Gasteiger charge is -2.18. The summed E-state index contributed by atoms with van der Waals surface area (Å²) in [7, 11) is 0. The maximum atomic E-state index is 11.9. The highest BCUT2D eigenvalue weighted by molar-refractivity contribution is 6.14. The molecule has 1 unspecified atom stereocenters. The van der Waals surface area contributed by atoms with Crippen LogP contribution in [-0.2, 0) is 9.59 Å². The summed E-state index contributed by atoms with van der Waals surface area (Å²) in [4.78, 5) is 23.9. The molecule has 6 nitrogen and oxygen atoms in total. The van der Waals surface area contributed by atoms with E-state index in [2.05, 4.69) is 0 Å². The van der Waals surface area contributed by atoms with Gasteiger partial charge in [0.15, 0.2) is 0 Å². The molecule has 2 N–H and O–H groups in total. The second kappa shape index (κ2) is 4.13. The Morgan fingerprint density at radius 1 is 1.39 bits per heavy atom. The van der Waals surface area contributed by atoms with E-state index < -0.39 is 17.5 Å². The molecule has 18 heavy (non-hydrogen) atoms. The summed E-state index contributed by atoms with van der Waals surface area (Å²) in [6.07, 6.45) is -0.152. The third-order valence-corrected chi connectivity index (χ3v) is 2.96. The minimum atomic E-state index is -2.34. The first-order chi connectivity index (χ1) is 8.49.